The Kier molecular flexibility index (Phi) is 7.49. The van der Waals surface area contributed by atoms with Gasteiger partial charge in [-0.1, -0.05) is 12.1 Å². The average molecular weight is 356 g/mol. The van der Waals surface area contributed by atoms with E-state index in [-0.39, 0.29) is 0 Å². The van der Waals surface area contributed by atoms with Crippen LogP contribution in [0.15, 0.2) is 46.4 Å². The minimum atomic E-state index is 0.559. The number of nitrogens with zero attached hydrogens (tertiary/aromatic N) is 2. The molecular formula is C20H24N2O4. The van der Waals surface area contributed by atoms with Crippen LogP contribution in [0.4, 0.5) is 0 Å². The number of rotatable bonds is 9. The first kappa shape index (κ1) is 19.3. The molecule has 0 unspecified atom stereocenters. The molecule has 6 nitrogen and oxygen atoms in total. The van der Waals surface area contributed by atoms with Crippen LogP contribution in [0.25, 0.3) is 0 Å². The fourth-order valence-electron chi connectivity index (χ4n) is 2.47. The van der Waals surface area contributed by atoms with Gasteiger partial charge in [-0.05, 0) is 24.3 Å². The molecule has 0 aliphatic heterocycles. The highest BCUT2D eigenvalue weighted by Crippen LogP contribution is 2.30. The Morgan fingerprint density at radius 2 is 1.08 bits per heavy atom. The van der Waals surface area contributed by atoms with Crippen LogP contribution in [-0.4, -0.2) is 54.0 Å². The van der Waals surface area contributed by atoms with Gasteiger partial charge in [-0.2, -0.15) is 0 Å². The number of hydrogen-bond acceptors (Lipinski definition) is 6. The van der Waals surface area contributed by atoms with E-state index in [0.29, 0.717) is 36.1 Å². The first-order chi connectivity index (χ1) is 12.7. The van der Waals surface area contributed by atoms with E-state index in [2.05, 4.69) is 9.98 Å². The molecule has 0 atom stereocenters. The van der Waals surface area contributed by atoms with E-state index >= 15 is 0 Å². The number of methoxy groups -OCH3 is 4. The Labute approximate surface area is 154 Å². The number of aliphatic imine (C=N–C) groups is 2. The molecule has 2 aromatic carbocycles. The van der Waals surface area contributed by atoms with E-state index in [1.807, 2.05) is 36.4 Å². The largest absolute Gasteiger partial charge is 0.493 e. The molecule has 0 fully saturated rings. The highest BCUT2D eigenvalue weighted by molar-refractivity contribution is 5.86. The zero-order valence-electron chi connectivity index (χ0n) is 15.6. The normalized spacial score (nSPS) is 11.1. The molecule has 2 aromatic rings. The molecule has 0 heterocycles. The molecule has 138 valence electrons. The number of para-hydroxylation sites is 2. The van der Waals surface area contributed by atoms with Gasteiger partial charge in [-0.3, -0.25) is 9.98 Å². The molecule has 0 saturated heterocycles. The maximum Gasteiger partial charge on any atom is 0.169 e. The third-order valence-electron chi connectivity index (χ3n) is 3.69. The van der Waals surface area contributed by atoms with Crippen molar-refractivity contribution < 1.29 is 18.9 Å². The molecule has 0 aliphatic carbocycles. The van der Waals surface area contributed by atoms with Crippen LogP contribution in [0.2, 0.25) is 0 Å². The van der Waals surface area contributed by atoms with E-state index in [0.717, 1.165) is 11.1 Å². The molecule has 0 amide bonds. The third-order valence-corrected chi connectivity index (χ3v) is 3.69. The van der Waals surface area contributed by atoms with Gasteiger partial charge in [0, 0.05) is 23.6 Å². The number of benzene rings is 2. The minimum absolute atomic E-state index is 0.559. The van der Waals surface area contributed by atoms with Crippen LogP contribution in [0.1, 0.15) is 11.1 Å². The molecule has 0 saturated carbocycles. The second-order valence-corrected chi connectivity index (χ2v) is 5.24. The van der Waals surface area contributed by atoms with Crippen molar-refractivity contribution in [3.8, 4) is 23.0 Å². The minimum Gasteiger partial charge on any atom is -0.493 e. The van der Waals surface area contributed by atoms with Gasteiger partial charge >= 0.3 is 0 Å². The van der Waals surface area contributed by atoms with Gasteiger partial charge in [0.1, 0.15) is 0 Å². The lowest BCUT2D eigenvalue weighted by atomic mass is 10.2. The van der Waals surface area contributed by atoms with Crippen molar-refractivity contribution in [3.05, 3.63) is 47.5 Å². The standard InChI is InChI=1S/C20H24N2O4/c1-23-17-9-5-7-15(19(17)25-3)13-21-11-12-22-14-16-8-6-10-18(24-2)20(16)26-4/h5-10,13-14H,11-12H2,1-4H3. The predicted molar refractivity (Wildman–Crippen MR) is 104 cm³/mol. The van der Waals surface area contributed by atoms with Crippen LogP contribution >= 0.6 is 0 Å². The molecule has 0 bridgehead atoms. The number of hydrogen-bond donors (Lipinski definition) is 0. The van der Waals surface area contributed by atoms with E-state index in [1.54, 1.807) is 40.9 Å². The predicted octanol–water partition coefficient (Wildman–Crippen LogP) is 3.26. The molecule has 0 radical (unpaired) electrons. The summed E-state index contributed by atoms with van der Waals surface area (Å²) in [7, 11) is 6.45. The zero-order valence-corrected chi connectivity index (χ0v) is 15.6. The molecule has 0 spiro atoms. The average Bonchev–Trinajstić information content (AvgIpc) is 2.69. The van der Waals surface area contributed by atoms with Gasteiger partial charge in [0.2, 0.25) is 0 Å². The summed E-state index contributed by atoms with van der Waals surface area (Å²) < 4.78 is 21.3. The Morgan fingerprint density at radius 1 is 0.654 bits per heavy atom. The number of ether oxygens (including phenoxy) is 4. The van der Waals surface area contributed by atoms with E-state index in [4.69, 9.17) is 18.9 Å². The quantitative estimate of drug-likeness (QED) is 0.511. The van der Waals surface area contributed by atoms with Crippen LogP contribution in [0.3, 0.4) is 0 Å². The van der Waals surface area contributed by atoms with Gasteiger partial charge < -0.3 is 18.9 Å². The Hall–Kier alpha value is -3.02. The highest BCUT2D eigenvalue weighted by Gasteiger charge is 2.07. The molecule has 0 aliphatic rings. The van der Waals surface area contributed by atoms with Crippen LogP contribution in [-0.2, 0) is 0 Å². The fraction of sp³-hybridized carbons (Fsp3) is 0.300. The SMILES string of the molecule is COc1cccc(C=NCCN=Cc2cccc(OC)c2OC)c1OC. The van der Waals surface area contributed by atoms with Crippen LogP contribution in [0.5, 0.6) is 23.0 Å². The van der Waals surface area contributed by atoms with E-state index < -0.39 is 0 Å². The van der Waals surface area contributed by atoms with Crippen molar-refractivity contribution in [2.75, 3.05) is 41.5 Å². The lowest BCUT2D eigenvalue weighted by Gasteiger charge is -2.09. The zero-order chi connectivity index (χ0) is 18.8. The van der Waals surface area contributed by atoms with E-state index in [1.165, 1.54) is 0 Å². The lowest BCUT2D eigenvalue weighted by Crippen LogP contribution is -1.97. The summed E-state index contributed by atoms with van der Waals surface area (Å²) in [4.78, 5) is 8.81. The summed E-state index contributed by atoms with van der Waals surface area (Å²) in [5.41, 5.74) is 1.73. The van der Waals surface area contributed by atoms with Crippen molar-refractivity contribution in [1.82, 2.24) is 0 Å². The summed E-state index contributed by atoms with van der Waals surface area (Å²) >= 11 is 0. The molecule has 0 aromatic heterocycles. The summed E-state index contributed by atoms with van der Waals surface area (Å²) in [6.07, 6.45) is 3.53. The first-order valence-corrected chi connectivity index (χ1v) is 8.16. The molecule has 2 rings (SSSR count). The molecule has 6 heteroatoms. The Balaban J connectivity index is 1.97. The molecule has 26 heavy (non-hydrogen) atoms. The van der Waals surface area contributed by atoms with Crippen LogP contribution in [0, 0.1) is 0 Å². The van der Waals surface area contributed by atoms with E-state index in [9.17, 15) is 0 Å². The van der Waals surface area contributed by atoms with Crippen molar-refractivity contribution in [1.29, 1.82) is 0 Å². The Morgan fingerprint density at radius 3 is 1.42 bits per heavy atom. The Bertz CT molecular complexity index is 707. The highest BCUT2D eigenvalue weighted by atomic mass is 16.5. The third kappa shape index (κ3) is 4.75. The lowest BCUT2D eigenvalue weighted by molar-refractivity contribution is 0.354. The monoisotopic (exact) mass is 356 g/mol. The summed E-state index contributed by atoms with van der Waals surface area (Å²) in [6.45, 7) is 1.12. The van der Waals surface area contributed by atoms with Crippen molar-refractivity contribution >= 4 is 12.4 Å². The topological polar surface area (TPSA) is 61.6 Å². The summed E-state index contributed by atoms with van der Waals surface area (Å²) in [6, 6.07) is 11.3. The van der Waals surface area contributed by atoms with Gasteiger partial charge in [-0.25, -0.2) is 0 Å². The van der Waals surface area contributed by atoms with Crippen molar-refractivity contribution in [2.24, 2.45) is 9.98 Å². The van der Waals surface area contributed by atoms with Crippen LogP contribution < -0.4 is 18.9 Å². The van der Waals surface area contributed by atoms with Gasteiger partial charge in [0.25, 0.3) is 0 Å². The maximum atomic E-state index is 5.38. The molecular weight excluding hydrogens is 332 g/mol. The van der Waals surface area contributed by atoms with Gasteiger partial charge in [0.05, 0.1) is 41.5 Å². The second-order valence-electron chi connectivity index (χ2n) is 5.24. The second kappa shape index (κ2) is 10.1. The maximum absolute atomic E-state index is 5.38. The van der Waals surface area contributed by atoms with Crippen molar-refractivity contribution in [3.63, 3.8) is 0 Å². The smallest absolute Gasteiger partial charge is 0.169 e. The van der Waals surface area contributed by atoms with Crippen molar-refractivity contribution in [2.45, 2.75) is 0 Å². The summed E-state index contributed by atoms with van der Waals surface area (Å²) in [5, 5.41) is 0. The van der Waals surface area contributed by atoms with Gasteiger partial charge in [0.15, 0.2) is 23.0 Å². The molecule has 0 N–H and O–H groups in total. The fourth-order valence-corrected chi connectivity index (χ4v) is 2.47. The summed E-state index contributed by atoms with van der Waals surface area (Å²) in [5.74, 6) is 2.70. The first-order valence-electron chi connectivity index (χ1n) is 8.16. The van der Waals surface area contributed by atoms with Gasteiger partial charge in [-0.15, -0.1) is 0 Å².